The van der Waals surface area contributed by atoms with Crippen molar-refractivity contribution in [3.05, 3.63) is 33.5 Å². The SMILES string of the molecule is CN(C)C(CNCc1csnn1)c1cccs1. The molecule has 0 fully saturated rings. The van der Waals surface area contributed by atoms with Gasteiger partial charge in [-0.15, -0.1) is 16.4 Å². The van der Waals surface area contributed by atoms with Gasteiger partial charge in [-0.05, 0) is 37.1 Å². The molecule has 2 rings (SSSR count). The number of aromatic nitrogens is 2. The first-order valence-corrected chi connectivity index (χ1v) is 7.15. The highest BCUT2D eigenvalue weighted by atomic mass is 32.1. The summed E-state index contributed by atoms with van der Waals surface area (Å²) in [7, 11) is 4.22. The lowest BCUT2D eigenvalue weighted by atomic mass is 10.2. The van der Waals surface area contributed by atoms with Gasteiger partial charge in [0, 0.05) is 23.3 Å². The van der Waals surface area contributed by atoms with Crippen LogP contribution >= 0.6 is 22.9 Å². The third-order valence-corrected chi connectivity index (χ3v) is 4.07. The number of hydrogen-bond acceptors (Lipinski definition) is 6. The largest absolute Gasteiger partial charge is 0.309 e. The van der Waals surface area contributed by atoms with Crippen LogP contribution in [-0.4, -0.2) is 35.1 Å². The van der Waals surface area contributed by atoms with E-state index in [4.69, 9.17) is 0 Å². The van der Waals surface area contributed by atoms with Gasteiger partial charge in [0.1, 0.15) is 0 Å². The molecule has 1 N–H and O–H groups in total. The van der Waals surface area contributed by atoms with Crippen LogP contribution in [0.2, 0.25) is 0 Å². The van der Waals surface area contributed by atoms with Crippen LogP contribution in [-0.2, 0) is 6.54 Å². The Bertz CT molecular complexity index is 411. The summed E-state index contributed by atoms with van der Waals surface area (Å²) in [4.78, 5) is 3.62. The van der Waals surface area contributed by atoms with Crippen LogP contribution in [0.3, 0.4) is 0 Å². The molecule has 0 saturated carbocycles. The molecule has 0 aliphatic rings. The average Bonchev–Trinajstić information content (AvgIpc) is 2.96. The Labute approximate surface area is 109 Å². The Morgan fingerprint density at radius 1 is 1.47 bits per heavy atom. The van der Waals surface area contributed by atoms with E-state index in [9.17, 15) is 0 Å². The Morgan fingerprint density at radius 2 is 2.35 bits per heavy atom. The second-order valence-electron chi connectivity index (χ2n) is 4.02. The summed E-state index contributed by atoms with van der Waals surface area (Å²) < 4.78 is 3.85. The molecule has 0 aromatic carbocycles. The summed E-state index contributed by atoms with van der Waals surface area (Å²) in [5, 5.41) is 11.5. The summed E-state index contributed by atoms with van der Waals surface area (Å²) in [6.07, 6.45) is 0. The van der Waals surface area contributed by atoms with E-state index in [0.29, 0.717) is 6.04 Å². The average molecular weight is 268 g/mol. The van der Waals surface area contributed by atoms with Gasteiger partial charge in [-0.25, -0.2) is 0 Å². The minimum Gasteiger partial charge on any atom is -0.309 e. The van der Waals surface area contributed by atoms with Gasteiger partial charge in [0.25, 0.3) is 0 Å². The minimum atomic E-state index is 0.418. The van der Waals surface area contributed by atoms with Crippen LogP contribution < -0.4 is 5.32 Å². The third kappa shape index (κ3) is 3.57. The molecule has 4 nitrogen and oxygen atoms in total. The van der Waals surface area contributed by atoms with Crippen LogP contribution in [0.1, 0.15) is 16.6 Å². The molecule has 2 aromatic heterocycles. The van der Waals surface area contributed by atoms with Gasteiger partial charge in [0.2, 0.25) is 0 Å². The number of hydrogen-bond donors (Lipinski definition) is 1. The first-order chi connectivity index (χ1) is 8.27. The summed E-state index contributed by atoms with van der Waals surface area (Å²) in [6, 6.07) is 4.70. The van der Waals surface area contributed by atoms with Gasteiger partial charge < -0.3 is 10.2 Å². The molecule has 6 heteroatoms. The molecule has 2 heterocycles. The number of nitrogens with zero attached hydrogens (tertiary/aromatic N) is 3. The van der Waals surface area contributed by atoms with Gasteiger partial charge in [-0.1, -0.05) is 10.6 Å². The summed E-state index contributed by atoms with van der Waals surface area (Å²) >= 11 is 3.19. The fourth-order valence-corrected chi connectivity index (χ4v) is 2.99. The van der Waals surface area contributed by atoms with Crippen molar-refractivity contribution in [3.63, 3.8) is 0 Å². The number of nitrogens with one attached hydrogen (secondary N) is 1. The molecule has 0 aliphatic heterocycles. The molecule has 1 atom stereocenters. The van der Waals surface area contributed by atoms with Crippen molar-refractivity contribution in [2.24, 2.45) is 0 Å². The highest BCUT2D eigenvalue weighted by molar-refractivity contribution is 7.10. The van der Waals surface area contributed by atoms with Crippen LogP contribution in [0.5, 0.6) is 0 Å². The lowest BCUT2D eigenvalue weighted by molar-refractivity contribution is 0.292. The van der Waals surface area contributed by atoms with E-state index in [1.54, 1.807) is 11.3 Å². The summed E-state index contributed by atoms with van der Waals surface area (Å²) in [6.45, 7) is 1.71. The zero-order chi connectivity index (χ0) is 12.1. The quantitative estimate of drug-likeness (QED) is 0.870. The molecule has 2 aromatic rings. The Morgan fingerprint density at radius 3 is 2.94 bits per heavy atom. The van der Waals surface area contributed by atoms with Gasteiger partial charge >= 0.3 is 0 Å². The first kappa shape index (κ1) is 12.6. The smallest absolute Gasteiger partial charge is 0.0893 e. The molecule has 0 spiro atoms. The topological polar surface area (TPSA) is 41.0 Å². The van der Waals surface area contributed by atoms with Crippen molar-refractivity contribution in [3.8, 4) is 0 Å². The fraction of sp³-hybridized carbons (Fsp3) is 0.455. The van der Waals surface area contributed by atoms with E-state index >= 15 is 0 Å². The van der Waals surface area contributed by atoms with Crippen LogP contribution in [0, 0.1) is 0 Å². The van der Waals surface area contributed by atoms with E-state index in [1.165, 1.54) is 16.4 Å². The Hall–Kier alpha value is -0.820. The van der Waals surface area contributed by atoms with Crippen molar-refractivity contribution >= 4 is 22.9 Å². The lowest BCUT2D eigenvalue weighted by Crippen LogP contribution is -2.30. The maximum absolute atomic E-state index is 4.02. The minimum absolute atomic E-state index is 0.418. The standard InChI is InChI=1S/C11H16N4S2/c1-15(2)10(11-4-3-5-16-11)7-12-6-9-8-17-14-13-9/h3-5,8,10,12H,6-7H2,1-2H3. The van der Waals surface area contributed by atoms with E-state index < -0.39 is 0 Å². The van der Waals surface area contributed by atoms with Gasteiger partial charge in [-0.3, -0.25) is 0 Å². The first-order valence-electron chi connectivity index (χ1n) is 5.44. The lowest BCUT2D eigenvalue weighted by Gasteiger charge is -2.23. The second-order valence-corrected chi connectivity index (χ2v) is 5.61. The summed E-state index contributed by atoms with van der Waals surface area (Å²) in [5.41, 5.74) is 1.01. The predicted molar refractivity (Wildman–Crippen MR) is 72.4 cm³/mol. The maximum Gasteiger partial charge on any atom is 0.0893 e. The van der Waals surface area contributed by atoms with Crippen molar-refractivity contribution in [2.75, 3.05) is 20.6 Å². The van der Waals surface area contributed by atoms with Crippen LogP contribution in [0.4, 0.5) is 0 Å². The predicted octanol–water partition coefficient (Wildman–Crippen LogP) is 1.99. The van der Waals surface area contributed by atoms with Gasteiger partial charge in [-0.2, -0.15) is 0 Å². The fourth-order valence-electron chi connectivity index (χ4n) is 1.62. The zero-order valence-corrected chi connectivity index (χ0v) is 11.6. The number of rotatable bonds is 6. The molecular weight excluding hydrogens is 252 g/mol. The van der Waals surface area contributed by atoms with E-state index in [1.807, 2.05) is 5.38 Å². The third-order valence-electron chi connectivity index (χ3n) is 2.54. The molecule has 0 aliphatic carbocycles. The molecule has 0 amide bonds. The van der Waals surface area contributed by atoms with Gasteiger partial charge in [0.15, 0.2) is 0 Å². The molecule has 0 saturated heterocycles. The number of thiophene rings is 1. The van der Waals surface area contributed by atoms with E-state index in [-0.39, 0.29) is 0 Å². The van der Waals surface area contributed by atoms with Crippen LogP contribution in [0.25, 0.3) is 0 Å². The Balaban J connectivity index is 1.86. The Kier molecular flexibility index (Phi) is 4.61. The molecule has 92 valence electrons. The van der Waals surface area contributed by atoms with Crippen molar-refractivity contribution in [1.82, 2.24) is 19.8 Å². The molecular formula is C11H16N4S2. The maximum atomic E-state index is 4.02. The van der Waals surface area contributed by atoms with E-state index in [2.05, 4.69) is 51.4 Å². The summed E-state index contributed by atoms with van der Waals surface area (Å²) in [5.74, 6) is 0. The van der Waals surface area contributed by atoms with Crippen molar-refractivity contribution < 1.29 is 0 Å². The molecule has 1 unspecified atom stereocenters. The van der Waals surface area contributed by atoms with Crippen molar-refractivity contribution in [2.45, 2.75) is 12.6 Å². The second kappa shape index (κ2) is 6.20. The monoisotopic (exact) mass is 268 g/mol. The van der Waals surface area contributed by atoms with Crippen molar-refractivity contribution in [1.29, 1.82) is 0 Å². The van der Waals surface area contributed by atoms with E-state index in [0.717, 1.165) is 18.8 Å². The highest BCUT2D eigenvalue weighted by Gasteiger charge is 2.14. The van der Waals surface area contributed by atoms with Crippen LogP contribution in [0.15, 0.2) is 22.9 Å². The van der Waals surface area contributed by atoms with Gasteiger partial charge in [0.05, 0.1) is 11.7 Å². The molecule has 17 heavy (non-hydrogen) atoms. The zero-order valence-electron chi connectivity index (χ0n) is 9.96. The normalized spacial score (nSPS) is 13.1. The highest BCUT2D eigenvalue weighted by Crippen LogP contribution is 2.22. The number of likely N-dealkylation sites (N-methyl/N-ethyl adjacent to an activating group) is 1. The molecule has 0 bridgehead atoms. The molecule has 0 radical (unpaired) electrons.